The van der Waals surface area contributed by atoms with E-state index in [0.29, 0.717) is 0 Å². The summed E-state index contributed by atoms with van der Waals surface area (Å²) in [7, 11) is 0. The highest BCUT2D eigenvalue weighted by atomic mass is 35.5. The van der Waals surface area contributed by atoms with E-state index in [1.54, 1.807) is 11.3 Å². The van der Waals surface area contributed by atoms with Crippen molar-refractivity contribution in [3.63, 3.8) is 0 Å². The number of rotatable bonds is 5. The van der Waals surface area contributed by atoms with Crippen LogP contribution in [0.15, 0.2) is 35.7 Å². The van der Waals surface area contributed by atoms with Gasteiger partial charge in [-0.15, -0.1) is 22.9 Å². The van der Waals surface area contributed by atoms with Gasteiger partial charge in [0.15, 0.2) is 0 Å². The van der Waals surface area contributed by atoms with Crippen LogP contribution in [0.2, 0.25) is 0 Å². The maximum atomic E-state index is 6.60. The highest BCUT2D eigenvalue weighted by molar-refractivity contribution is 7.10. The van der Waals surface area contributed by atoms with E-state index in [1.807, 2.05) is 0 Å². The smallest absolute Gasteiger partial charge is 0.0930 e. The molecule has 2 aromatic rings. The first-order chi connectivity index (χ1) is 8.76. The van der Waals surface area contributed by atoms with Crippen molar-refractivity contribution in [1.29, 1.82) is 0 Å². The molecule has 0 aliphatic heterocycles. The van der Waals surface area contributed by atoms with Crippen molar-refractivity contribution < 1.29 is 0 Å². The van der Waals surface area contributed by atoms with E-state index in [9.17, 15) is 0 Å². The first-order valence-corrected chi connectivity index (χ1v) is 7.87. The quantitative estimate of drug-likeness (QED) is 0.625. The van der Waals surface area contributed by atoms with Crippen molar-refractivity contribution in [2.24, 2.45) is 0 Å². The molecule has 0 nitrogen and oxygen atoms in total. The van der Waals surface area contributed by atoms with Gasteiger partial charge in [-0.1, -0.05) is 44.5 Å². The predicted molar refractivity (Wildman–Crippen MR) is 81.8 cm³/mol. The Morgan fingerprint density at radius 2 is 1.83 bits per heavy atom. The van der Waals surface area contributed by atoms with Gasteiger partial charge in [0, 0.05) is 4.88 Å². The van der Waals surface area contributed by atoms with Crippen molar-refractivity contribution >= 4 is 22.9 Å². The second kappa shape index (κ2) is 6.40. The summed E-state index contributed by atoms with van der Waals surface area (Å²) in [5.41, 5.74) is 3.97. The van der Waals surface area contributed by atoms with Crippen LogP contribution in [0.4, 0.5) is 0 Å². The van der Waals surface area contributed by atoms with Crippen molar-refractivity contribution in [3.05, 3.63) is 57.3 Å². The van der Waals surface area contributed by atoms with Crippen molar-refractivity contribution in [3.8, 4) is 0 Å². The zero-order valence-corrected chi connectivity index (χ0v) is 12.5. The normalized spacial score (nSPS) is 12.6. The van der Waals surface area contributed by atoms with E-state index in [2.05, 4.69) is 49.6 Å². The number of benzene rings is 1. The molecule has 2 rings (SSSR count). The zero-order valence-electron chi connectivity index (χ0n) is 10.9. The third-order valence-electron chi connectivity index (χ3n) is 3.20. The molecule has 1 heterocycles. The lowest BCUT2D eigenvalue weighted by Gasteiger charge is -2.11. The van der Waals surface area contributed by atoms with E-state index < -0.39 is 0 Å². The molecule has 1 aromatic carbocycles. The Balaban J connectivity index is 2.20. The maximum Gasteiger partial charge on any atom is 0.0930 e. The van der Waals surface area contributed by atoms with Crippen LogP contribution in [0, 0.1) is 0 Å². The molecule has 1 atom stereocenters. The van der Waals surface area contributed by atoms with Crippen molar-refractivity contribution in [2.45, 2.75) is 38.5 Å². The van der Waals surface area contributed by atoms with E-state index in [0.717, 1.165) is 12.8 Å². The molecule has 0 spiro atoms. The van der Waals surface area contributed by atoms with Gasteiger partial charge in [-0.25, -0.2) is 0 Å². The second-order valence-corrected chi connectivity index (χ2v) is 5.90. The van der Waals surface area contributed by atoms with Gasteiger partial charge >= 0.3 is 0 Å². The van der Waals surface area contributed by atoms with Gasteiger partial charge in [-0.05, 0) is 41.0 Å². The molecule has 0 saturated carbocycles. The maximum absolute atomic E-state index is 6.60. The van der Waals surface area contributed by atoms with E-state index in [1.165, 1.54) is 28.0 Å². The molecule has 0 fully saturated rings. The summed E-state index contributed by atoms with van der Waals surface area (Å²) >= 11 is 8.36. The summed E-state index contributed by atoms with van der Waals surface area (Å²) in [5.74, 6) is 0. The molecule has 0 aliphatic carbocycles. The van der Waals surface area contributed by atoms with Gasteiger partial charge in [0.2, 0.25) is 0 Å². The molecule has 0 radical (unpaired) electrons. The van der Waals surface area contributed by atoms with Gasteiger partial charge in [0.05, 0.1) is 5.38 Å². The molecule has 2 heteroatoms. The number of halogens is 1. The third kappa shape index (κ3) is 2.96. The van der Waals surface area contributed by atoms with E-state index >= 15 is 0 Å². The highest BCUT2D eigenvalue weighted by Gasteiger charge is 2.15. The second-order valence-electron chi connectivity index (χ2n) is 4.52. The summed E-state index contributed by atoms with van der Waals surface area (Å²) < 4.78 is 0. The lowest BCUT2D eigenvalue weighted by atomic mass is 10.0. The molecule has 0 N–H and O–H groups in total. The van der Waals surface area contributed by atoms with E-state index in [4.69, 9.17) is 11.6 Å². The van der Waals surface area contributed by atoms with Crippen LogP contribution < -0.4 is 0 Å². The molecular formula is C16H19ClS. The number of alkyl halides is 1. The molecule has 0 saturated heterocycles. The Kier molecular flexibility index (Phi) is 4.85. The van der Waals surface area contributed by atoms with Gasteiger partial charge in [0.25, 0.3) is 0 Å². The number of hydrogen-bond acceptors (Lipinski definition) is 1. The lowest BCUT2D eigenvalue weighted by molar-refractivity contribution is 0.920. The van der Waals surface area contributed by atoms with Crippen LogP contribution in [0.1, 0.15) is 47.2 Å². The van der Waals surface area contributed by atoms with Crippen molar-refractivity contribution in [1.82, 2.24) is 0 Å². The number of aryl methyl sites for hydroxylation is 2. The summed E-state index contributed by atoms with van der Waals surface area (Å²) in [6.07, 6.45) is 3.39. The van der Waals surface area contributed by atoms with Crippen LogP contribution in [-0.2, 0) is 12.8 Å². The minimum atomic E-state index is -0.00405. The highest BCUT2D eigenvalue weighted by Crippen LogP contribution is 2.35. The summed E-state index contributed by atoms with van der Waals surface area (Å²) in [6, 6.07) is 10.9. The Hall–Kier alpha value is -0.790. The summed E-state index contributed by atoms with van der Waals surface area (Å²) in [4.78, 5) is 1.29. The Labute approximate surface area is 119 Å². The largest absolute Gasteiger partial charge is 0.147 e. The fourth-order valence-corrected chi connectivity index (χ4v) is 3.59. The summed E-state index contributed by atoms with van der Waals surface area (Å²) in [5, 5.41) is 2.13. The molecule has 0 aliphatic rings. The van der Waals surface area contributed by atoms with Crippen LogP contribution >= 0.6 is 22.9 Å². The van der Waals surface area contributed by atoms with Crippen LogP contribution in [0.5, 0.6) is 0 Å². The molecular weight excluding hydrogens is 260 g/mol. The van der Waals surface area contributed by atoms with Gasteiger partial charge in [0.1, 0.15) is 0 Å². The SMILES string of the molecule is CCCc1ccc(C(Cl)c2sccc2CC)cc1. The number of hydrogen-bond donors (Lipinski definition) is 0. The number of thiophene rings is 1. The van der Waals surface area contributed by atoms with Gasteiger partial charge in [-0.3, -0.25) is 0 Å². The molecule has 1 aromatic heterocycles. The molecule has 0 bridgehead atoms. The minimum absolute atomic E-state index is 0.00405. The van der Waals surface area contributed by atoms with E-state index in [-0.39, 0.29) is 5.38 Å². The van der Waals surface area contributed by atoms with Crippen LogP contribution in [0.25, 0.3) is 0 Å². The Morgan fingerprint density at radius 1 is 1.11 bits per heavy atom. The standard InChI is InChI=1S/C16H19ClS/c1-3-5-12-6-8-14(9-7-12)15(17)16-13(4-2)10-11-18-16/h6-11,15H,3-5H2,1-2H3. The fraction of sp³-hybridized carbons (Fsp3) is 0.375. The topological polar surface area (TPSA) is 0 Å². The first-order valence-electron chi connectivity index (χ1n) is 6.55. The Morgan fingerprint density at radius 3 is 2.44 bits per heavy atom. The lowest BCUT2D eigenvalue weighted by Crippen LogP contribution is -1.94. The average molecular weight is 279 g/mol. The van der Waals surface area contributed by atoms with Crippen molar-refractivity contribution in [2.75, 3.05) is 0 Å². The molecule has 0 amide bonds. The first kappa shape index (κ1) is 13.6. The molecule has 1 unspecified atom stereocenters. The molecule has 96 valence electrons. The van der Waals surface area contributed by atoms with Crippen LogP contribution in [0.3, 0.4) is 0 Å². The minimum Gasteiger partial charge on any atom is -0.147 e. The predicted octanol–water partition coefficient (Wildman–Crippen LogP) is 5.59. The van der Waals surface area contributed by atoms with Gasteiger partial charge < -0.3 is 0 Å². The monoisotopic (exact) mass is 278 g/mol. The fourth-order valence-electron chi connectivity index (χ4n) is 2.16. The molecule has 18 heavy (non-hydrogen) atoms. The summed E-state index contributed by atoms with van der Waals surface area (Å²) in [6.45, 7) is 4.39. The average Bonchev–Trinajstić information content (AvgIpc) is 2.87. The zero-order chi connectivity index (χ0) is 13.0. The Bertz CT molecular complexity index is 484. The third-order valence-corrected chi connectivity index (χ3v) is 4.83. The van der Waals surface area contributed by atoms with Crippen LogP contribution in [-0.4, -0.2) is 0 Å². The van der Waals surface area contributed by atoms with Gasteiger partial charge in [-0.2, -0.15) is 0 Å².